The Morgan fingerprint density at radius 2 is 2.25 bits per heavy atom. The molecule has 0 saturated carbocycles. The number of rotatable bonds is 6. The Hall–Kier alpha value is -1.12. The first kappa shape index (κ1) is 12.9. The molecule has 1 aromatic carbocycles. The van der Waals surface area contributed by atoms with E-state index >= 15 is 0 Å². The minimum absolute atomic E-state index is 0.204. The average Bonchev–Trinajstić information content (AvgIpc) is 2.28. The van der Waals surface area contributed by atoms with Gasteiger partial charge < -0.3 is 21.6 Å². The number of nitrogens with two attached hydrogens (primary N) is 2. The van der Waals surface area contributed by atoms with Gasteiger partial charge in [0.1, 0.15) is 6.29 Å². The van der Waals surface area contributed by atoms with Gasteiger partial charge in [0.2, 0.25) is 0 Å². The Morgan fingerprint density at radius 3 is 2.88 bits per heavy atom. The van der Waals surface area contributed by atoms with Crippen LogP contribution in [0.25, 0.3) is 0 Å². The van der Waals surface area contributed by atoms with E-state index in [1.165, 1.54) is 0 Å². The van der Waals surface area contributed by atoms with Crippen LogP contribution in [-0.2, 0) is 4.79 Å². The molecule has 1 aromatic rings. The molecule has 0 fully saturated rings. The van der Waals surface area contributed by atoms with Gasteiger partial charge in [-0.25, -0.2) is 0 Å². The number of nitrogen functional groups attached to an aromatic ring is 1. The van der Waals surface area contributed by atoms with E-state index in [0.29, 0.717) is 12.2 Å². The van der Waals surface area contributed by atoms with E-state index in [4.69, 9.17) is 11.5 Å². The molecule has 0 radical (unpaired) electrons. The third-order valence-corrected chi connectivity index (χ3v) is 2.81. The minimum atomic E-state index is -0.204. The molecule has 2 atom stereocenters. The molecule has 0 bridgehead atoms. The van der Waals surface area contributed by atoms with E-state index in [0.717, 1.165) is 30.1 Å². The number of hydrogen-bond acceptors (Lipinski definition) is 4. The van der Waals surface area contributed by atoms with E-state index in [9.17, 15) is 4.79 Å². The summed E-state index contributed by atoms with van der Waals surface area (Å²) >= 11 is 0. The van der Waals surface area contributed by atoms with Gasteiger partial charge in [-0.3, -0.25) is 0 Å². The molecule has 0 aliphatic rings. The molecule has 0 spiro atoms. The second kappa shape index (κ2) is 6.46. The standard InChI is InChI=1S/C11H18N3OP/c12-5-1-2-9(7-15)14-10-6-8(13)3-4-11(10)16/h3-4,6-7,9,14H,1-2,5,12-13,16H2. The highest BCUT2D eigenvalue weighted by atomic mass is 31.0. The molecule has 0 saturated heterocycles. The quantitative estimate of drug-likeness (QED) is 0.383. The number of carbonyl (C=O) groups is 1. The fraction of sp³-hybridized carbons (Fsp3) is 0.364. The zero-order valence-corrected chi connectivity index (χ0v) is 10.3. The van der Waals surface area contributed by atoms with Crippen LogP contribution in [0.1, 0.15) is 12.8 Å². The third kappa shape index (κ3) is 3.80. The second-order valence-electron chi connectivity index (χ2n) is 3.66. The number of carbonyl (C=O) groups excluding carboxylic acids is 1. The van der Waals surface area contributed by atoms with Gasteiger partial charge >= 0.3 is 0 Å². The molecule has 0 aliphatic carbocycles. The minimum Gasteiger partial charge on any atom is -0.399 e. The van der Waals surface area contributed by atoms with Gasteiger partial charge in [-0.05, 0) is 36.8 Å². The highest BCUT2D eigenvalue weighted by Crippen LogP contribution is 2.14. The molecule has 0 heterocycles. The molecule has 4 nitrogen and oxygen atoms in total. The van der Waals surface area contributed by atoms with Crippen molar-refractivity contribution in [2.45, 2.75) is 18.9 Å². The van der Waals surface area contributed by atoms with Crippen molar-refractivity contribution < 1.29 is 4.79 Å². The number of hydrogen-bond donors (Lipinski definition) is 3. The van der Waals surface area contributed by atoms with Crippen LogP contribution in [0.4, 0.5) is 11.4 Å². The van der Waals surface area contributed by atoms with Crippen molar-refractivity contribution in [3.05, 3.63) is 18.2 Å². The van der Waals surface area contributed by atoms with Crippen molar-refractivity contribution in [3.63, 3.8) is 0 Å². The molecule has 0 aliphatic heterocycles. The number of benzene rings is 1. The number of aldehydes is 1. The molecule has 1 rings (SSSR count). The summed E-state index contributed by atoms with van der Waals surface area (Å²) < 4.78 is 0. The topological polar surface area (TPSA) is 81.1 Å². The maximum atomic E-state index is 10.9. The van der Waals surface area contributed by atoms with Crippen LogP contribution in [0.5, 0.6) is 0 Å². The van der Waals surface area contributed by atoms with E-state index in [1.807, 2.05) is 18.2 Å². The maximum absolute atomic E-state index is 10.9. The van der Waals surface area contributed by atoms with Gasteiger partial charge in [0.05, 0.1) is 6.04 Å². The summed E-state index contributed by atoms with van der Waals surface area (Å²) in [5.41, 5.74) is 12.7. The maximum Gasteiger partial charge on any atom is 0.142 e. The van der Waals surface area contributed by atoms with Gasteiger partial charge in [-0.15, -0.1) is 9.24 Å². The lowest BCUT2D eigenvalue weighted by molar-refractivity contribution is -0.108. The fourth-order valence-electron chi connectivity index (χ4n) is 1.41. The highest BCUT2D eigenvalue weighted by molar-refractivity contribution is 7.28. The summed E-state index contributed by atoms with van der Waals surface area (Å²) in [5.74, 6) is 0. The van der Waals surface area contributed by atoms with Gasteiger partial charge in [0.25, 0.3) is 0 Å². The summed E-state index contributed by atoms with van der Waals surface area (Å²) in [5, 5.41) is 4.14. The molecule has 16 heavy (non-hydrogen) atoms. The highest BCUT2D eigenvalue weighted by Gasteiger charge is 2.08. The lowest BCUT2D eigenvalue weighted by Gasteiger charge is -2.15. The normalized spacial score (nSPS) is 12.1. The van der Waals surface area contributed by atoms with Crippen molar-refractivity contribution >= 4 is 32.2 Å². The van der Waals surface area contributed by atoms with Crippen LogP contribution in [0.2, 0.25) is 0 Å². The summed E-state index contributed by atoms with van der Waals surface area (Å²) in [4.78, 5) is 10.9. The second-order valence-corrected chi connectivity index (χ2v) is 4.29. The van der Waals surface area contributed by atoms with E-state index in [-0.39, 0.29) is 6.04 Å². The van der Waals surface area contributed by atoms with E-state index in [1.54, 1.807) is 0 Å². The lowest BCUT2D eigenvalue weighted by Crippen LogP contribution is -2.24. The molecule has 2 unspecified atom stereocenters. The number of nitrogens with one attached hydrogen (secondary N) is 1. The molecular weight excluding hydrogens is 221 g/mol. The van der Waals surface area contributed by atoms with Crippen LogP contribution in [0, 0.1) is 0 Å². The number of anilines is 2. The van der Waals surface area contributed by atoms with Crippen LogP contribution >= 0.6 is 9.24 Å². The van der Waals surface area contributed by atoms with Crippen LogP contribution in [0.15, 0.2) is 18.2 Å². The Kier molecular flexibility index (Phi) is 5.23. The Morgan fingerprint density at radius 1 is 1.50 bits per heavy atom. The summed E-state index contributed by atoms with van der Waals surface area (Å²) in [6, 6.07) is 5.34. The van der Waals surface area contributed by atoms with Crippen LogP contribution in [-0.4, -0.2) is 18.9 Å². The van der Waals surface area contributed by atoms with Gasteiger partial charge in [0.15, 0.2) is 0 Å². The first-order chi connectivity index (χ1) is 7.67. The largest absolute Gasteiger partial charge is 0.399 e. The van der Waals surface area contributed by atoms with Crippen LogP contribution in [0.3, 0.4) is 0 Å². The first-order valence-electron chi connectivity index (χ1n) is 5.24. The van der Waals surface area contributed by atoms with Crippen molar-refractivity contribution in [2.24, 2.45) is 5.73 Å². The smallest absolute Gasteiger partial charge is 0.142 e. The van der Waals surface area contributed by atoms with E-state index < -0.39 is 0 Å². The first-order valence-corrected chi connectivity index (χ1v) is 5.82. The van der Waals surface area contributed by atoms with Crippen molar-refractivity contribution in [3.8, 4) is 0 Å². The Bertz CT molecular complexity index is 357. The van der Waals surface area contributed by atoms with Crippen molar-refractivity contribution in [1.82, 2.24) is 0 Å². The summed E-state index contributed by atoms with van der Waals surface area (Å²) in [6.07, 6.45) is 2.47. The molecular formula is C11H18N3OP. The Labute approximate surface area is 98.0 Å². The van der Waals surface area contributed by atoms with Gasteiger partial charge in [-0.2, -0.15) is 0 Å². The zero-order chi connectivity index (χ0) is 12.0. The zero-order valence-electron chi connectivity index (χ0n) is 9.15. The van der Waals surface area contributed by atoms with E-state index in [2.05, 4.69) is 14.6 Å². The summed E-state index contributed by atoms with van der Waals surface area (Å²) in [6.45, 7) is 0.594. The van der Waals surface area contributed by atoms with Crippen molar-refractivity contribution in [2.75, 3.05) is 17.6 Å². The van der Waals surface area contributed by atoms with Gasteiger partial charge in [-0.1, -0.05) is 6.07 Å². The molecule has 88 valence electrons. The third-order valence-electron chi connectivity index (χ3n) is 2.30. The SMILES string of the molecule is NCCCC(C=O)Nc1cc(N)ccc1P. The predicted molar refractivity (Wildman–Crippen MR) is 72.0 cm³/mol. The van der Waals surface area contributed by atoms with Crippen molar-refractivity contribution in [1.29, 1.82) is 0 Å². The fourth-order valence-corrected chi connectivity index (χ4v) is 1.67. The molecule has 0 amide bonds. The predicted octanol–water partition coefficient (Wildman–Crippen LogP) is 0.488. The molecule has 5 heteroatoms. The average molecular weight is 239 g/mol. The lowest BCUT2D eigenvalue weighted by atomic mass is 10.1. The molecule has 5 N–H and O–H groups in total. The monoisotopic (exact) mass is 239 g/mol. The van der Waals surface area contributed by atoms with Gasteiger partial charge in [0, 0.05) is 11.4 Å². The Balaban J connectivity index is 2.69. The van der Waals surface area contributed by atoms with Crippen LogP contribution < -0.4 is 22.1 Å². The summed E-state index contributed by atoms with van der Waals surface area (Å²) in [7, 11) is 2.61. The molecule has 0 aromatic heterocycles.